The number of aromatic nitrogens is 2. The lowest BCUT2D eigenvalue weighted by molar-refractivity contribution is 0.591. The number of hydrogen-bond donors (Lipinski definition) is 0. The van der Waals surface area contributed by atoms with E-state index in [0.717, 1.165) is 71.2 Å². The van der Waals surface area contributed by atoms with Gasteiger partial charge < -0.3 is 13.6 Å². The van der Waals surface area contributed by atoms with Crippen molar-refractivity contribution in [3.05, 3.63) is 132 Å². The normalized spacial score (nSPS) is 12.1. The molecule has 9 rings (SSSR count). The standard InChI is InChI=1S/C42H28N4O/c1-42(2,3)27-16-18-35-32(21-27)40-36(19-17-31-30-12-6-9-15-39(30)47-41(31)40)46(35)38-22-37(25(23-43)20-26(38)24-44)45-33-13-7-4-10-28(33)29-11-5-8-14-34(29)45/h4-22H,1-3H3. The lowest BCUT2D eigenvalue weighted by Crippen LogP contribution is -2.10. The van der Waals surface area contributed by atoms with Crippen molar-refractivity contribution in [2.45, 2.75) is 26.2 Å². The van der Waals surface area contributed by atoms with Gasteiger partial charge in [-0.2, -0.15) is 10.5 Å². The molecular formula is C42H28N4O. The molecule has 0 amide bonds. The molecule has 0 fully saturated rings. The highest BCUT2D eigenvalue weighted by atomic mass is 16.3. The second-order valence-electron chi connectivity index (χ2n) is 13.2. The number of nitrogens with zero attached hydrogens (tertiary/aromatic N) is 4. The van der Waals surface area contributed by atoms with Crippen LogP contribution in [0.5, 0.6) is 0 Å². The minimum absolute atomic E-state index is 0.0691. The Morgan fingerprint density at radius 3 is 1.72 bits per heavy atom. The molecule has 9 aromatic rings. The second-order valence-corrected chi connectivity index (χ2v) is 13.2. The van der Waals surface area contributed by atoms with Crippen LogP contribution in [0.25, 0.3) is 76.9 Å². The summed E-state index contributed by atoms with van der Waals surface area (Å²) in [6.45, 7) is 6.66. The molecule has 0 aliphatic carbocycles. The van der Waals surface area contributed by atoms with E-state index in [1.165, 1.54) is 5.56 Å². The summed E-state index contributed by atoms with van der Waals surface area (Å²) < 4.78 is 10.9. The number of rotatable bonds is 2. The molecule has 0 bridgehead atoms. The van der Waals surface area contributed by atoms with Gasteiger partial charge in [-0.1, -0.05) is 81.4 Å². The first-order valence-corrected chi connectivity index (χ1v) is 15.7. The highest BCUT2D eigenvalue weighted by molar-refractivity contribution is 6.24. The number of hydrogen-bond acceptors (Lipinski definition) is 3. The van der Waals surface area contributed by atoms with Gasteiger partial charge in [0.1, 0.15) is 23.3 Å². The predicted octanol–water partition coefficient (Wildman–Crippen LogP) is 10.8. The smallest absolute Gasteiger partial charge is 0.145 e. The molecule has 0 saturated carbocycles. The van der Waals surface area contributed by atoms with Crippen LogP contribution in [-0.4, -0.2) is 9.13 Å². The molecule has 47 heavy (non-hydrogen) atoms. The molecule has 0 aliphatic heterocycles. The highest BCUT2D eigenvalue weighted by Gasteiger charge is 2.24. The molecule has 0 saturated heterocycles. The van der Waals surface area contributed by atoms with Crippen LogP contribution in [0.15, 0.2) is 120 Å². The SMILES string of the molecule is CC(C)(C)c1ccc2c(c1)c1c3oc4ccccc4c3ccc1n2-c1cc(-n2c3ccccc3c3ccccc32)c(C#N)cc1C#N. The van der Waals surface area contributed by atoms with Crippen LogP contribution < -0.4 is 0 Å². The Labute approximate surface area is 270 Å². The summed E-state index contributed by atoms with van der Waals surface area (Å²) in [6, 6.07) is 44.1. The number of benzene rings is 6. The fourth-order valence-corrected chi connectivity index (χ4v) is 7.32. The van der Waals surface area contributed by atoms with E-state index in [4.69, 9.17) is 4.42 Å². The molecule has 0 unspecified atom stereocenters. The van der Waals surface area contributed by atoms with Gasteiger partial charge in [-0.15, -0.1) is 0 Å². The van der Waals surface area contributed by atoms with Crippen LogP contribution >= 0.6 is 0 Å². The van der Waals surface area contributed by atoms with E-state index in [2.05, 4.69) is 103 Å². The summed E-state index contributed by atoms with van der Waals surface area (Å²) in [6.07, 6.45) is 0. The van der Waals surface area contributed by atoms with Gasteiger partial charge >= 0.3 is 0 Å². The Bertz CT molecular complexity index is 2800. The fourth-order valence-electron chi connectivity index (χ4n) is 7.32. The molecule has 222 valence electrons. The van der Waals surface area contributed by atoms with E-state index in [1.807, 2.05) is 48.5 Å². The van der Waals surface area contributed by atoms with Crippen LogP contribution in [-0.2, 0) is 5.41 Å². The van der Waals surface area contributed by atoms with E-state index in [0.29, 0.717) is 16.8 Å². The van der Waals surface area contributed by atoms with Crippen molar-refractivity contribution in [1.29, 1.82) is 10.5 Å². The van der Waals surface area contributed by atoms with Crippen molar-refractivity contribution in [3.8, 4) is 23.5 Å². The van der Waals surface area contributed by atoms with Gasteiger partial charge in [0, 0.05) is 26.9 Å². The van der Waals surface area contributed by atoms with Gasteiger partial charge in [-0.25, -0.2) is 0 Å². The first-order valence-electron chi connectivity index (χ1n) is 15.7. The Morgan fingerprint density at radius 2 is 1.09 bits per heavy atom. The number of nitriles is 2. The molecular weight excluding hydrogens is 576 g/mol. The molecule has 0 N–H and O–H groups in total. The van der Waals surface area contributed by atoms with Gasteiger partial charge in [0.15, 0.2) is 0 Å². The largest absolute Gasteiger partial charge is 0.455 e. The maximum absolute atomic E-state index is 10.6. The predicted molar refractivity (Wildman–Crippen MR) is 191 cm³/mol. The topological polar surface area (TPSA) is 70.6 Å². The quantitative estimate of drug-likeness (QED) is 0.197. The zero-order valence-corrected chi connectivity index (χ0v) is 26.2. The molecule has 0 radical (unpaired) electrons. The second kappa shape index (κ2) is 9.60. The van der Waals surface area contributed by atoms with Crippen LogP contribution in [0, 0.1) is 22.7 Å². The number of para-hydroxylation sites is 3. The van der Waals surface area contributed by atoms with E-state index < -0.39 is 0 Å². The van der Waals surface area contributed by atoms with E-state index in [-0.39, 0.29) is 5.41 Å². The van der Waals surface area contributed by atoms with E-state index >= 15 is 0 Å². The average Bonchev–Trinajstić information content (AvgIpc) is 3.74. The Balaban J connectivity index is 1.45. The lowest BCUT2D eigenvalue weighted by atomic mass is 9.86. The summed E-state index contributed by atoms with van der Waals surface area (Å²) in [7, 11) is 0. The minimum atomic E-state index is -0.0691. The van der Waals surface area contributed by atoms with Crippen LogP contribution in [0.2, 0.25) is 0 Å². The molecule has 3 heterocycles. The summed E-state index contributed by atoms with van der Waals surface area (Å²) in [5, 5.41) is 27.4. The Morgan fingerprint density at radius 1 is 0.532 bits per heavy atom. The van der Waals surface area contributed by atoms with Crippen molar-refractivity contribution < 1.29 is 4.42 Å². The monoisotopic (exact) mass is 604 g/mol. The van der Waals surface area contributed by atoms with E-state index in [1.54, 1.807) is 6.07 Å². The van der Waals surface area contributed by atoms with Crippen LogP contribution in [0.4, 0.5) is 0 Å². The number of fused-ring (bicyclic) bond motifs is 10. The Hall–Kier alpha value is -6.30. The zero-order chi connectivity index (χ0) is 32.0. The zero-order valence-electron chi connectivity index (χ0n) is 26.2. The summed E-state index contributed by atoms with van der Waals surface area (Å²) in [4.78, 5) is 0. The minimum Gasteiger partial charge on any atom is -0.455 e. The third-order valence-electron chi connectivity index (χ3n) is 9.56. The molecule has 0 spiro atoms. The lowest BCUT2D eigenvalue weighted by Gasteiger charge is -2.19. The first-order chi connectivity index (χ1) is 22.9. The third kappa shape index (κ3) is 3.75. The van der Waals surface area contributed by atoms with Gasteiger partial charge in [0.05, 0.1) is 50.0 Å². The van der Waals surface area contributed by atoms with Crippen molar-refractivity contribution in [2.24, 2.45) is 0 Å². The van der Waals surface area contributed by atoms with Gasteiger partial charge in [0.25, 0.3) is 0 Å². The highest BCUT2D eigenvalue weighted by Crippen LogP contribution is 2.43. The average molecular weight is 605 g/mol. The molecule has 6 aromatic carbocycles. The Kier molecular flexibility index (Phi) is 5.52. The van der Waals surface area contributed by atoms with E-state index in [9.17, 15) is 10.5 Å². The molecule has 3 aromatic heterocycles. The van der Waals surface area contributed by atoms with Gasteiger partial charge in [-0.3, -0.25) is 0 Å². The molecule has 0 aliphatic rings. The number of furan rings is 1. The van der Waals surface area contributed by atoms with Crippen molar-refractivity contribution in [1.82, 2.24) is 9.13 Å². The third-order valence-corrected chi connectivity index (χ3v) is 9.56. The fraction of sp³-hybridized carbons (Fsp3) is 0.0952. The maximum Gasteiger partial charge on any atom is 0.145 e. The van der Waals surface area contributed by atoms with Gasteiger partial charge in [0.2, 0.25) is 0 Å². The maximum atomic E-state index is 10.6. The summed E-state index contributed by atoms with van der Waals surface area (Å²) in [5.74, 6) is 0. The van der Waals surface area contributed by atoms with Crippen molar-refractivity contribution in [2.75, 3.05) is 0 Å². The summed E-state index contributed by atoms with van der Waals surface area (Å²) >= 11 is 0. The first kappa shape index (κ1) is 27.0. The molecule has 5 heteroatoms. The van der Waals surface area contributed by atoms with Crippen molar-refractivity contribution in [3.63, 3.8) is 0 Å². The summed E-state index contributed by atoms with van der Waals surface area (Å²) in [5.41, 5.74) is 9.02. The molecule has 0 atom stereocenters. The van der Waals surface area contributed by atoms with Gasteiger partial charge in [-0.05, 0) is 65.6 Å². The van der Waals surface area contributed by atoms with Crippen LogP contribution in [0.3, 0.4) is 0 Å². The molecule has 5 nitrogen and oxygen atoms in total. The van der Waals surface area contributed by atoms with Crippen LogP contribution in [0.1, 0.15) is 37.5 Å². The van der Waals surface area contributed by atoms with Crippen molar-refractivity contribution >= 4 is 65.6 Å².